The van der Waals surface area contributed by atoms with Gasteiger partial charge in [0.05, 0.1) is 0 Å². The van der Waals surface area contributed by atoms with Gasteiger partial charge in [0.25, 0.3) is 0 Å². The first-order chi connectivity index (χ1) is 6.79. The van der Waals surface area contributed by atoms with E-state index in [1.165, 1.54) is 36.1 Å². The van der Waals surface area contributed by atoms with Gasteiger partial charge in [-0.1, -0.05) is 31.0 Å². The molecule has 0 saturated carbocycles. The number of rotatable bonds is 2. The van der Waals surface area contributed by atoms with Gasteiger partial charge in [-0.05, 0) is 37.3 Å². The van der Waals surface area contributed by atoms with Gasteiger partial charge in [0.2, 0.25) is 0 Å². The smallest absolute Gasteiger partial charge is 0.0373 e. The predicted octanol–water partition coefficient (Wildman–Crippen LogP) is 3.38. The molecule has 0 amide bonds. The van der Waals surface area contributed by atoms with Gasteiger partial charge in [0, 0.05) is 12.2 Å². The fourth-order valence-corrected chi connectivity index (χ4v) is 2.31. The number of benzene rings is 1. The monoisotopic (exact) mass is 189 g/mol. The van der Waals surface area contributed by atoms with E-state index in [9.17, 15) is 0 Å². The van der Waals surface area contributed by atoms with Gasteiger partial charge < -0.3 is 5.32 Å². The second-order valence-corrected chi connectivity index (χ2v) is 4.40. The lowest BCUT2D eigenvalue weighted by Crippen LogP contribution is -2.22. The topological polar surface area (TPSA) is 12.0 Å². The van der Waals surface area contributed by atoms with E-state index in [1.807, 2.05) is 0 Å². The largest absolute Gasteiger partial charge is 0.385 e. The van der Waals surface area contributed by atoms with E-state index in [0.29, 0.717) is 0 Å². The predicted molar refractivity (Wildman–Crippen MR) is 61.8 cm³/mol. The quantitative estimate of drug-likeness (QED) is 0.752. The van der Waals surface area contributed by atoms with Crippen molar-refractivity contribution in [2.45, 2.75) is 33.1 Å². The highest BCUT2D eigenvalue weighted by atomic mass is 14.9. The van der Waals surface area contributed by atoms with E-state index in [-0.39, 0.29) is 0 Å². The van der Waals surface area contributed by atoms with Crippen LogP contribution in [0.4, 0.5) is 5.69 Å². The molecule has 0 bridgehead atoms. The summed E-state index contributed by atoms with van der Waals surface area (Å²) >= 11 is 0. The number of hydrogen-bond donors (Lipinski definition) is 1. The van der Waals surface area contributed by atoms with Crippen LogP contribution in [0.15, 0.2) is 18.2 Å². The van der Waals surface area contributed by atoms with Crippen LogP contribution in [0.1, 0.15) is 30.9 Å². The van der Waals surface area contributed by atoms with E-state index in [1.54, 1.807) is 0 Å². The first-order valence-corrected chi connectivity index (χ1v) is 5.63. The van der Waals surface area contributed by atoms with E-state index >= 15 is 0 Å². The Morgan fingerprint density at radius 2 is 2.29 bits per heavy atom. The zero-order valence-corrected chi connectivity index (χ0v) is 9.14. The van der Waals surface area contributed by atoms with Crippen LogP contribution in [0, 0.1) is 12.8 Å². The van der Waals surface area contributed by atoms with Gasteiger partial charge >= 0.3 is 0 Å². The van der Waals surface area contributed by atoms with E-state index in [2.05, 4.69) is 37.4 Å². The minimum absolute atomic E-state index is 0.842. The minimum atomic E-state index is 0.842. The van der Waals surface area contributed by atoms with Crippen molar-refractivity contribution >= 4 is 5.69 Å². The van der Waals surface area contributed by atoms with Gasteiger partial charge in [-0.25, -0.2) is 0 Å². The van der Waals surface area contributed by atoms with Crippen molar-refractivity contribution in [3.63, 3.8) is 0 Å². The lowest BCUT2D eigenvalue weighted by Gasteiger charge is -2.26. The third-order valence-electron chi connectivity index (χ3n) is 3.05. The zero-order chi connectivity index (χ0) is 9.97. The second kappa shape index (κ2) is 4.04. The average Bonchev–Trinajstić information content (AvgIpc) is 2.17. The summed E-state index contributed by atoms with van der Waals surface area (Å²) in [5.41, 5.74) is 4.24. The Morgan fingerprint density at radius 3 is 3.07 bits per heavy atom. The number of nitrogens with one attached hydrogen (secondary N) is 1. The van der Waals surface area contributed by atoms with Crippen molar-refractivity contribution in [1.29, 1.82) is 0 Å². The summed E-state index contributed by atoms with van der Waals surface area (Å²) in [5, 5.41) is 3.52. The standard InChI is InChI=1S/C13H19N/c1-3-4-11-8-12-7-10(2)5-6-13(12)14-9-11/h5-7,11,14H,3-4,8-9H2,1-2H3. The molecule has 1 aliphatic heterocycles. The van der Waals surface area contributed by atoms with E-state index < -0.39 is 0 Å². The van der Waals surface area contributed by atoms with Gasteiger partial charge in [-0.2, -0.15) is 0 Å². The molecule has 1 N–H and O–H groups in total. The molecular formula is C13H19N. The molecule has 14 heavy (non-hydrogen) atoms. The number of fused-ring (bicyclic) bond motifs is 1. The zero-order valence-electron chi connectivity index (χ0n) is 9.14. The van der Waals surface area contributed by atoms with Gasteiger partial charge in [-0.15, -0.1) is 0 Å². The molecule has 1 unspecified atom stereocenters. The van der Waals surface area contributed by atoms with Crippen LogP contribution in [0.2, 0.25) is 0 Å². The Balaban J connectivity index is 2.16. The van der Waals surface area contributed by atoms with Crippen molar-refractivity contribution in [2.24, 2.45) is 5.92 Å². The van der Waals surface area contributed by atoms with Crippen LogP contribution in [0.5, 0.6) is 0 Å². The summed E-state index contributed by atoms with van der Waals surface area (Å²) < 4.78 is 0. The lowest BCUT2D eigenvalue weighted by molar-refractivity contribution is 0.489. The summed E-state index contributed by atoms with van der Waals surface area (Å²) in [6, 6.07) is 6.73. The molecule has 2 rings (SSSR count). The van der Waals surface area contributed by atoms with Crippen LogP contribution in [-0.4, -0.2) is 6.54 Å². The Kier molecular flexibility index (Phi) is 2.76. The lowest BCUT2D eigenvalue weighted by atomic mass is 9.90. The second-order valence-electron chi connectivity index (χ2n) is 4.40. The van der Waals surface area contributed by atoms with Crippen LogP contribution >= 0.6 is 0 Å². The minimum Gasteiger partial charge on any atom is -0.385 e. The van der Waals surface area contributed by atoms with Crippen LogP contribution in [-0.2, 0) is 6.42 Å². The molecule has 0 aliphatic carbocycles. The molecule has 0 radical (unpaired) electrons. The van der Waals surface area contributed by atoms with Crippen molar-refractivity contribution in [2.75, 3.05) is 11.9 Å². The third-order valence-corrected chi connectivity index (χ3v) is 3.05. The van der Waals surface area contributed by atoms with Crippen molar-refractivity contribution in [1.82, 2.24) is 0 Å². The Hall–Kier alpha value is -0.980. The summed E-state index contributed by atoms with van der Waals surface area (Å²) in [7, 11) is 0. The van der Waals surface area contributed by atoms with Crippen molar-refractivity contribution in [3.8, 4) is 0 Å². The molecule has 1 nitrogen and oxygen atoms in total. The highest BCUT2D eigenvalue weighted by molar-refractivity contribution is 5.54. The highest BCUT2D eigenvalue weighted by Crippen LogP contribution is 2.27. The molecule has 0 saturated heterocycles. The SMILES string of the molecule is CCCC1CNc2ccc(C)cc2C1. The molecule has 1 aromatic carbocycles. The Labute approximate surface area is 86.5 Å². The first-order valence-electron chi connectivity index (χ1n) is 5.63. The Bertz CT molecular complexity index is 317. The highest BCUT2D eigenvalue weighted by Gasteiger charge is 2.16. The molecule has 1 heterocycles. The molecule has 76 valence electrons. The van der Waals surface area contributed by atoms with Crippen molar-refractivity contribution < 1.29 is 0 Å². The molecule has 0 aromatic heterocycles. The first kappa shape index (κ1) is 9.57. The van der Waals surface area contributed by atoms with Crippen molar-refractivity contribution in [3.05, 3.63) is 29.3 Å². The molecule has 0 spiro atoms. The normalized spacial score (nSPS) is 20.0. The van der Waals surface area contributed by atoms with Gasteiger partial charge in [-0.3, -0.25) is 0 Å². The molecular weight excluding hydrogens is 170 g/mol. The number of aryl methyl sites for hydroxylation is 1. The molecule has 1 heteroatoms. The summed E-state index contributed by atoms with van der Waals surface area (Å²) in [6.45, 7) is 5.60. The fraction of sp³-hybridized carbons (Fsp3) is 0.538. The summed E-state index contributed by atoms with van der Waals surface area (Å²) in [5.74, 6) is 0.842. The molecule has 1 aromatic rings. The average molecular weight is 189 g/mol. The van der Waals surface area contributed by atoms with E-state index in [4.69, 9.17) is 0 Å². The molecule has 1 atom stereocenters. The molecule has 0 fully saturated rings. The summed E-state index contributed by atoms with van der Waals surface area (Å²) in [4.78, 5) is 0. The van der Waals surface area contributed by atoms with Crippen LogP contribution in [0.25, 0.3) is 0 Å². The Morgan fingerprint density at radius 1 is 1.43 bits per heavy atom. The number of hydrogen-bond acceptors (Lipinski definition) is 1. The third kappa shape index (κ3) is 1.92. The van der Waals surface area contributed by atoms with Gasteiger partial charge in [0.15, 0.2) is 0 Å². The van der Waals surface area contributed by atoms with Crippen LogP contribution < -0.4 is 5.32 Å². The van der Waals surface area contributed by atoms with E-state index in [0.717, 1.165) is 12.5 Å². The van der Waals surface area contributed by atoms with Crippen LogP contribution in [0.3, 0.4) is 0 Å². The maximum Gasteiger partial charge on any atom is 0.0373 e. The summed E-state index contributed by atoms with van der Waals surface area (Å²) in [6.07, 6.45) is 3.91. The maximum atomic E-state index is 3.52. The maximum absolute atomic E-state index is 3.52. The molecule has 1 aliphatic rings. The van der Waals surface area contributed by atoms with Gasteiger partial charge in [0.1, 0.15) is 0 Å². The number of anilines is 1. The fourth-order valence-electron chi connectivity index (χ4n) is 2.31.